The number of hydrogen-bond donors (Lipinski definition) is 1. The Hall–Kier alpha value is -2.76. The molecule has 0 aliphatic carbocycles. The number of hydrogen-bond acceptors (Lipinski definition) is 5. The van der Waals surface area contributed by atoms with Crippen molar-refractivity contribution in [3.05, 3.63) is 46.9 Å². The maximum Gasteiger partial charge on any atom is 0.274 e. The summed E-state index contributed by atoms with van der Waals surface area (Å²) in [6, 6.07) is 7.24. The average Bonchev–Trinajstić information content (AvgIpc) is 2.92. The number of carbonyl (C=O) groups excluding carboxylic acids is 1. The Bertz CT molecular complexity index is 778. The zero-order valence-electron chi connectivity index (χ0n) is 15.3. The van der Waals surface area contributed by atoms with Gasteiger partial charge in [0.2, 0.25) is 0 Å². The topological polar surface area (TPSA) is 73.1 Å². The third-order valence-electron chi connectivity index (χ3n) is 3.56. The predicted molar refractivity (Wildman–Crippen MR) is 96.6 cm³/mol. The molecule has 0 atom stereocenters. The molecule has 2 aromatic rings. The molecule has 6 heteroatoms. The summed E-state index contributed by atoms with van der Waals surface area (Å²) in [4.78, 5) is 12.3. The maximum absolute atomic E-state index is 12.3. The van der Waals surface area contributed by atoms with E-state index in [9.17, 15) is 4.79 Å². The Morgan fingerprint density at radius 3 is 2.44 bits per heavy atom. The SMILES string of the molecule is CCOc1ccc(OCC)c(/C(C)=N\NC(=O)c2cc(C)oc2C)c1. The fourth-order valence-corrected chi connectivity index (χ4v) is 2.44. The van der Waals surface area contributed by atoms with Crippen molar-refractivity contribution in [3.8, 4) is 11.5 Å². The van der Waals surface area contributed by atoms with E-state index in [4.69, 9.17) is 13.9 Å². The highest BCUT2D eigenvalue weighted by Gasteiger charge is 2.14. The van der Waals surface area contributed by atoms with Crippen LogP contribution in [0.2, 0.25) is 0 Å². The van der Waals surface area contributed by atoms with E-state index in [2.05, 4.69) is 10.5 Å². The molecular weight excluding hydrogens is 320 g/mol. The lowest BCUT2D eigenvalue weighted by atomic mass is 10.1. The molecule has 0 fully saturated rings. The van der Waals surface area contributed by atoms with Gasteiger partial charge in [0.1, 0.15) is 23.0 Å². The van der Waals surface area contributed by atoms with Gasteiger partial charge in [-0.15, -0.1) is 0 Å². The summed E-state index contributed by atoms with van der Waals surface area (Å²) < 4.78 is 16.5. The van der Waals surface area contributed by atoms with Crippen molar-refractivity contribution in [1.29, 1.82) is 0 Å². The number of hydrazone groups is 1. The van der Waals surface area contributed by atoms with Crippen LogP contribution in [0.4, 0.5) is 0 Å². The van der Waals surface area contributed by atoms with E-state index >= 15 is 0 Å². The minimum atomic E-state index is -0.312. The molecule has 0 aliphatic heterocycles. The molecule has 134 valence electrons. The van der Waals surface area contributed by atoms with Gasteiger partial charge in [-0.3, -0.25) is 4.79 Å². The second kappa shape index (κ2) is 8.37. The van der Waals surface area contributed by atoms with Gasteiger partial charge in [-0.25, -0.2) is 5.43 Å². The second-order valence-corrected chi connectivity index (χ2v) is 5.49. The summed E-state index contributed by atoms with van der Waals surface area (Å²) in [5.74, 6) is 2.36. The lowest BCUT2D eigenvalue weighted by Crippen LogP contribution is -2.19. The number of benzene rings is 1. The highest BCUT2D eigenvalue weighted by Crippen LogP contribution is 2.25. The Morgan fingerprint density at radius 1 is 1.12 bits per heavy atom. The summed E-state index contributed by atoms with van der Waals surface area (Å²) in [6.07, 6.45) is 0. The van der Waals surface area contributed by atoms with Gasteiger partial charge in [0.25, 0.3) is 5.91 Å². The van der Waals surface area contributed by atoms with Crippen LogP contribution >= 0.6 is 0 Å². The summed E-state index contributed by atoms with van der Waals surface area (Å²) in [5.41, 5.74) is 4.43. The summed E-state index contributed by atoms with van der Waals surface area (Å²) >= 11 is 0. The Kier molecular flexibility index (Phi) is 6.22. The first-order chi connectivity index (χ1) is 12.0. The van der Waals surface area contributed by atoms with E-state index in [1.807, 2.05) is 32.0 Å². The molecule has 25 heavy (non-hydrogen) atoms. The standard InChI is InChI=1S/C19H24N2O4/c1-6-23-15-8-9-18(24-7-2)16(11-15)13(4)20-21-19(22)17-10-12(3)25-14(17)5/h8-11H,6-7H2,1-5H3,(H,21,22)/b20-13-. The van der Waals surface area contributed by atoms with Gasteiger partial charge in [-0.05, 0) is 58.9 Å². The third-order valence-corrected chi connectivity index (χ3v) is 3.56. The van der Waals surface area contributed by atoms with Crippen LogP contribution in [-0.2, 0) is 0 Å². The number of furan rings is 1. The second-order valence-electron chi connectivity index (χ2n) is 5.49. The first kappa shape index (κ1) is 18.6. The molecule has 1 aromatic carbocycles. The summed E-state index contributed by atoms with van der Waals surface area (Å²) in [5, 5.41) is 4.21. The lowest BCUT2D eigenvalue weighted by molar-refractivity contribution is 0.0953. The van der Waals surface area contributed by atoms with Crippen molar-refractivity contribution in [2.24, 2.45) is 5.10 Å². The lowest BCUT2D eigenvalue weighted by Gasteiger charge is -2.12. The van der Waals surface area contributed by atoms with Crippen LogP contribution in [0.25, 0.3) is 0 Å². The Balaban J connectivity index is 2.24. The van der Waals surface area contributed by atoms with Gasteiger partial charge in [0.05, 0.1) is 24.5 Å². The van der Waals surface area contributed by atoms with Crippen LogP contribution in [0.1, 0.15) is 48.2 Å². The van der Waals surface area contributed by atoms with Crippen LogP contribution < -0.4 is 14.9 Å². The molecule has 0 saturated heterocycles. The van der Waals surface area contributed by atoms with Gasteiger partial charge in [0, 0.05) is 5.56 Å². The van der Waals surface area contributed by atoms with E-state index in [0.717, 1.165) is 11.3 Å². The quantitative estimate of drug-likeness (QED) is 0.612. The molecule has 1 amide bonds. The van der Waals surface area contributed by atoms with Crippen LogP contribution in [0.15, 0.2) is 33.8 Å². The smallest absolute Gasteiger partial charge is 0.274 e. The molecule has 0 saturated carbocycles. The van der Waals surface area contributed by atoms with Crippen molar-refractivity contribution in [3.63, 3.8) is 0 Å². The Morgan fingerprint density at radius 2 is 1.84 bits per heavy atom. The van der Waals surface area contributed by atoms with Crippen molar-refractivity contribution >= 4 is 11.6 Å². The number of carbonyl (C=O) groups is 1. The fraction of sp³-hybridized carbons (Fsp3) is 0.368. The first-order valence-electron chi connectivity index (χ1n) is 8.27. The van der Waals surface area contributed by atoms with Crippen molar-refractivity contribution in [2.45, 2.75) is 34.6 Å². The normalized spacial score (nSPS) is 11.3. The molecule has 0 spiro atoms. The van der Waals surface area contributed by atoms with E-state index in [1.165, 1.54) is 0 Å². The van der Waals surface area contributed by atoms with Crippen molar-refractivity contribution in [1.82, 2.24) is 5.43 Å². The maximum atomic E-state index is 12.3. The summed E-state index contributed by atoms with van der Waals surface area (Å²) in [7, 11) is 0. The molecule has 1 N–H and O–H groups in total. The van der Waals surface area contributed by atoms with Gasteiger partial charge in [-0.2, -0.15) is 5.10 Å². The van der Waals surface area contributed by atoms with Gasteiger partial charge in [0.15, 0.2) is 0 Å². The molecule has 1 heterocycles. The number of nitrogens with zero attached hydrogens (tertiary/aromatic N) is 1. The largest absolute Gasteiger partial charge is 0.494 e. The van der Waals surface area contributed by atoms with Crippen LogP contribution in [0.3, 0.4) is 0 Å². The predicted octanol–water partition coefficient (Wildman–Crippen LogP) is 3.85. The minimum absolute atomic E-state index is 0.312. The molecule has 0 aliphatic rings. The monoisotopic (exact) mass is 344 g/mol. The zero-order valence-corrected chi connectivity index (χ0v) is 15.3. The number of rotatable bonds is 7. The zero-order chi connectivity index (χ0) is 18.4. The highest BCUT2D eigenvalue weighted by molar-refractivity contribution is 6.03. The fourth-order valence-electron chi connectivity index (χ4n) is 2.44. The van der Waals surface area contributed by atoms with E-state index in [0.29, 0.717) is 41.8 Å². The van der Waals surface area contributed by atoms with Crippen LogP contribution in [0, 0.1) is 13.8 Å². The van der Waals surface area contributed by atoms with Crippen molar-refractivity contribution in [2.75, 3.05) is 13.2 Å². The minimum Gasteiger partial charge on any atom is -0.494 e. The molecule has 0 radical (unpaired) electrons. The number of aryl methyl sites for hydroxylation is 2. The number of amides is 1. The summed E-state index contributed by atoms with van der Waals surface area (Å²) in [6.45, 7) is 10.3. The molecule has 2 rings (SSSR count). The van der Waals surface area contributed by atoms with E-state index < -0.39 is 0 Å². The van der Waals surface area contributed by atoms with Crippen LogP contribution in [0.5, 0.6) is 11.5 Å². The van der Waals surface area contributed by atoms with Crippen molar-refractivity contribution < 1.29 is 18.7 Å². The van der Waals surface area contributed by atoms with Gasteiger partial charge >= 0.3 is 0 Å². The van der Waals surface area contributed by atoms with Gasteiger partial charge < -0.3 is 13.9 Å². The van der Waals surface area contributed by atoms with E-state index in [1.54, 1.807) is 26.8 Å². The molecule has 6 nitrogen and oxygen atoms in total. The van der Waals surface area contributed by atoms with Gasteiger partial charge in [-0.1, -0.05) is 0 Å². The first-order valence-corrected chi connectivity index (χ1v) is 8.27. The molecular formula is C19H24N2O4. The Labute approximate surface area is 147 Å². The molecule has 1 aromatic heterocycles. The van der Waals surface area contributed by atoms with Crippen LogP contribution in [-0.4, -0.2) is 24.8 Å². The number of nitrogens with one attached hydrogen (secondary N) is 1. The third kappa shape index (κ3) is 4.62. The number of ether oxygens (including phenoxy) is 2. The highest BCUT2D eigenvalue weighted by atomic mass is 16.5. The molecule has 0 bridgehead atoms. The average molecular weight is 344 g/mol. The molecule has 0 unspecified atom stereocenters. The van der Waals surface area contributed by atoms with E-state index in [-0.39, 0.29) is 5.91 Å².